The van der Waals surface area contributed by atoms with Crippen molar-refractivity contribution in [2.24, 2.45) is 0 Å². The Labute approximate surface area is 102 Å². The molecule has 3 N–H and O–H groups in total. The lowest BCUT2D eigenvalue weighted by molar-refractivity contribution is 0.276. The molecule has 0 radical (unpaired) electrons. The van der Waals surface area contributed by atoms with Gasteiger partial charge in [-0.15, -0.1) is 0 Å². The minimum absolute atomic E-state index is 0.219. The standard InChI is InChI=1S/C13H21NO3/c1-10(4-3-7-15)14-9-11-8-12(17-2)5-6-13(11)16/h5-6,8,10,14-16H,3-4,7,9H2,1-2H3. The number of phenolic OH excluding ortho intramolecular Hbond substituents is 1. The van der Waals surface area contributed by atoms with Crippen LogP contribution >= 0.6 is 0 Å². The average molecular weight is 239 g/mol. The molecule has 1 atom stereocenters. The van der Waals surface area contributed by atoms with Crippen LogP contribution in [0.5, 0.6) is 11.5 Å². The van der Waals surface area contributed by atoms with Gasteiger partial charge in [-0.1, -0.05) is 0 Å². The Hall–Kier alpha value is -1.26. The van der Waals surface area contributed by atoms with E-state index < -0.39 is 0 Å². The van der Waals surface area contributed by atoms with E-state index in [1.54, 1.807) is 19.2 Å². The summed E-state index contributed by atoms with van der Waals surface area (Å²) >= 11 is 0. The molecule has 0 saturated heterocycles. The fourth-order valence-corrected chi connectivity index (χ4v) is 1.61. The van der Waals surface area contributed by atoms with Gasteiger partial charge in [0, 0.05) is 24.8 Å². The van der Waals surface area contributed by atoms with Gasteiger partial charge in [0.15, 0.2) is 0 Å². The van der Waals surface area contributed by atoms with E-state index in [0.717, 1.165) is 24.2 Å². The van der Waals surface area contributed by atoms with Crippen molar-refractivity contribution in [3.8, 4) is 11.5 Å². The third-order valence-electron chi connectivity index (χ3n) is 2.72. The van der Waals surface area contributed by atoms with Gasteiger partial charge in [0.05, 0.1) is 7.11 Å². The molecule has 1 aromatic carbocycles. The normalized spacial score (nSPS) is 12.4. The lowest BCUT2D eigenvalue weighted by Crippen LogP contribution is -2.25. The molecule has 4 heteroatoms. The smallest absolute Gasteiger partial charge is 0.120 e. The molecule has 0 heterocycles. The van der Waals surface area contributed by atoms with Gasteiger partial charge >= 0.3 is 0 Å². The monoisotopic (exact) mass is 239 g/mol. The summed E-state index contributed by atoms with van der Waals surface area (Å²) in [4.78, 5) is 0. The van der Waals surface area contributed by atoms with E-state index in [1.807, 2.05) is 6.07 Å². The molecule has 0 bridgehead atoms. The zero-order chi connectivity index (χ0) is 12.7. The number of aliphatic hydroxyl groups is 1. The fourth-order valence-electron chi connectivity index (χ4n) is 1.61. The van der Waals surface area contributed by atoms with E-state index in [0.29, 0.717) is 12.6 Å². The summed E-state index contributed by atoms with van der Waals surface area (Å²) in [5.74, 6) is 1.01. The Bertz CT molecular complexity index is 341. The minimum Gasteiger partial charge on any atom is -0.508 e. The van der Waals surface area contributed by atoms with Gasteiger partial charge in [-0.3, -0.25) is 0 Å². The van der Waals surface area contributed by atoms with Crippen LogP contribution in [0.25, 0.3) is 0 Å². The Balaban J connectivity index is 2.50. The van der Waals surface area contributed by atoms with Crippen molar-refractivity contribution in [3.05, 3.63) is 23.8 Å². The number of nitrogens with one attached hydrogen (secondary N) is 1. The number of benzene rings is 1. The van der Waals surface area contributed by atoms with Gasteiger partial charge in [0.1, 0.15) is 11.5 Å². The Morgan fingerprint density at radius 2 is 2.18 bits per heavy atom. The first-order valence-electron chi connectivity index (χ1n) is 5.87. The van der Waals surface area contributed by atoms with Crippen molar-refractivity contribution in [3.63, 3.8) is 0 Å². The molecular formula is C13H21NO3. The maximum Gasteiger partial charge on any atom is 0.120 e. The number of hydrogen-bond acceptors (Lipinski definition) is 4. The van der Waals surface area contributed by atoms with Crippen molar-refractivity contribution >= 4 is 0 Å². The van der Waals surface area contributed by atoms with Crippen LogP contribution in [0.4, 0.5) is 0 Å². The topological polar surface area (TPSA) is 61.7 Å². The highest BCUT2D eigenvalue weighted by molar-refractivity contribution is 5.39. The number of rotatable bonds is 7. The summed E-state index contributed by atoms with van der Waals surface area (Å²) in [5.41, 5.74) is 0.820. The quantitative estimate of drug-likeness (QED) is 0.677. The average Bonchev–Trinajstić information content (AvgIpc) is 2.35. The number of ether oxygens (including phenoxy) is 1. The summed E-state index contributed by atoms with van der Waals surface area (Å²) in [7, 11) is 1.60. The van der Waals surface area contributed by atoms with Crippen molar-refractivity contribution in [1.82, 2.24) is 5.32 Å². The van der Waals surface area contributed by atoms with Crippen LogP contribution in [-0.2, 0) is 6.54 Å². The number of hydrogen-bond donors (Lipinski definition) is 3. The van der Waals surface area contributed by atoms with Gasteiger partial charge in [0.25, 0.3) is 0 Å². The van der Waals surface area contributed by atoms with E-state index in [4.69, 9.17) is 9.84 Å². The molecule has 0 aromatic heterocycles. The van der Waals surface area contributed by atoms with Crippen LogP contribution in [-0.4, -0.2) is 30.0 Å². The fraction of sp³-hybridized carbons (Fsp3) is 0.538. The lowest BCUT2D eigenvalue weighted by Gasteiger charge is -2.14. The van der Waals surface area contributed by atoms with Crippen LogP contribution < -0.4 is 10.1 Å². The molecule has 0 aliphatic heterocycles. The van der Waals surface area contributed by atoms with E-state index in [1.165, 1.54) is 0 Å². The summed E-state index contributed by atoms with van der Waals surface area (Å²) in [6.07, 6.45) is 1.71. The van der Waals surface area contributed by atoms with E-state index >= 15 is 0 Å². The Morgan fingerprint density at radius 3 is 2.82 bits per heavy atom. The van der Waals surface area contributed by atoms with E-state index in [9.17, 15) is 5.11 Å². The molecule has 1 unspecified atom stereocenters. The second-order valence-electron chi connectivity index (χ2n) is 4.14. The number of methoxy groups -OCH3 is 1. The van der Waals surface area contributed by atoms with E-state index in [2.05, 4.69) is 12.2 Å². The molecule has 0 aliphatic rings. The molecule has 0 fully saturated rings. The number of aliphatic hydroxyl groups excluding tert-OH is 1. The molecule has 4 nitrogen and oxygen atoms in total. The van der Waals surface area contributed by atoms with Gasteiger partial charge in [0.2, 0.25) is 0 Å². The van der Waals surface area contributed by atoms with Crippen LogP contribution in [0.1, 0.15) is 25.3 Å². The summed E-state index contributed by atoms with van der Waals surface area (Å²) < 4.78 is 5.11. The maximum atomic E-state index is 9.68. The first kappa shape index (κ1) is 13.8. The molecule has 1 aromatic rings. The maximum absolute atomic E-state index is 9.68. The van der Waals surface area contributed by atoms with Gasteiger partial charge in [-0.25, -0.2) is 0 Å². The molecular weight excluding hydrogens is 218 g/mol. The SMILES string of the molecule is COc1ccc(O)c(CNC(C)CCCO)c1. The lowest BCUT2D eigenvalue weighted by atomic mass is 10.1. The Morgan fingerprint density at radius 1 is 1.41 bits per heavy atom. The molecule has 0 amide bonds. The molecule has 1 rings (SSSR count). The predicted molar refractivity (Wildman–Crippen MR) is 67.3 cm³/mol. The highest BCUT2D eigenvalue weighted by atomic mass is 16.5. The molecule has 0 spiro atoms. The first-order valence-corrected chi connectivity index (χ1v) is 5.87. The predicted octanol–water partition coefficient (Wildman–Crippen LogP) is 1.65. The number of phenols is 1. The van der Waals surface area contributed by atoms with Crippen molar-refractivity contribution < 1.29 is 14.9 Å². The Kier molecular flexibility index (Phi) is 5.80. The highest BCUT2D eigenvalue weighted by Gasteiger charge is 2.05. The zero-order valence-electron chi connectivity index (χ0n) is 10.4. The van der Waals surface area contributed by atoms with Crippen molar-refractivity contribution in [2.45, 2.75) is 32.4 Å². The van der Waals surface area contributed by atoms with Crippen LogP contribution in [0.3, 0.4) is 0 Å². The summed E-state index contributed by atoms with van der Waals surface area (Å²) in [5, 5.41) is 21.7. The van der Waals surface area contributed by atoms with Gasteiger partial charge in [-0.2, -0.15) is 0 Å². The van der Waals surface area contributed by atoms with Crippen LogP contribution in [0.15, 0.2) is 18.2 Å². The summed E-state index contributed by atoms with van der Waals surface area (Å²) in [6, 6.07) is 5.50. The molecule has 0 aliphatic carbocycles. The van der Waals surface area contributed by atoms with Gasteiger partial charge < -0.3 is 20.3 Å². The van der Waals surface area contributed by atoms with E-state index in [-0.39, 0.29) is 12.4 Å². The number of aromatic hydroxyl groups is 1. The van der Waals surface area contributed by atoms with Gasteiger partial charge in [-0.05, 0) is 38.0 Å². The first-order chi connectivity index (χ1) is 8.17. The highest BCUT2D eigenvalue weighted by Crippen LogP contribution is 2.22. The largest absolute Gasteiger partial charge is 0.508 e. The molecule has 17 heavy (non-hydrogen) atoms. The zero-order valence-corrected chi connectivity index (χ0v) is 10.4. The molecule has 96 valence electrons. The second-order valence-corrected chi connectivity index (χ2v) is 4.14. The molecule has 0 saturated carbocycles. The third kappa shape index (κ3) is 4.63. The van der Waals surface area contributed by atoms with Crippen molar-refractivity contribution in [2.75, 3.05) is 13.7 Å². The third-order valence-corrected chi connectivity index (χ3v) is 2.72. The van der Waals surface area contributed by atoms with Crippen LogP contribution in [0.2, 0.25) is 0 Å². The van der Waals surface area contributed by atoms with Crippen LogP contribution in [0, 0.1) is 0 Å². The second kappa shape index (κ2) is 7.14. The van der Waals surface area contributed by atoms with Crippen molar-refractivity contribution in [1.29, 1.82) is 0 Å². The summed E-state index contributed by atoms with van der Waals surface area (Å²) in [6.45, 7) is 2.87. The minimum atomic E-state index is 0.219.